The topological polar surface area (TPSA) is 33.7 Å². The lowest BCUT2D eigenvalue weighted by molar-refractivity contribution is 0.206. The van der Waals surface area contributed by atoms with Crippen molar-refractivity contribution in [2.24, 2.45) is 5.92 Å². The second-order valence-electron chi connectivity index (χ2n) is 5.68. The highest BCUT2D eigenvalue weighted by atomic mass is 35.5. The molecule has 1 saturated heterocycles. The van der Waals surface area contributed by atoms with Crippen LogP contribution in [-0.4, -0.2) is 45.8 Å². The van der Waals surface area contributed by atoms with Gasteiger partial charge in [0.2, 0.25) is 0 Å². The quantitative estimate of drug-likeness (QED) is 0.876. The zero-order chi connectivity index (χ0) is 15.2. The second kappa shape index (κ2) is 7.87. The molecule has 0 bridgehead atoms. The van der Waals surface area contributed by atoms with Crippen molar-refractivity contribution in [1.29, 1.82) is 0 Å². The molecule has 1 atom stereocenters. The Morgan fingerprint density at radius 1 is 1.33 bits per heavy atom. The van der Waals surface area contributed by atoms with Crippen LogP contribution in [0.5, 0.6) is 11.5 Å². The van der Waals surface area contributed by atoms with Crippen molar-refractivity contribution in [2.75, 3.05) is 40.9 Å². The molecule has 0 spiro atoms. The van der Waals surface area contributed by atoms with Gasteiger partial charge in [-0.05, 0) is 50.5 Å². The minimum Gasteiger partial charge on any atom is -0.493 e. The number of hydrogen-bond donors (Lipinski definition) is 1. The standard InChI is InChI=1S/C16H25ClN2O2/c1-19-8-4-5-12(11-19)9-18-10-13-6-7-14(20-2)16(21-3)15(13)17/h6-7,12,18H,4-5,8-11H2,1-3H3/t12-/m0/s1. The van der Waals surface area contributed by atoms with Gasteiger partial charge in [-0.25, -0.2) is 0 Å². The molecule has 5 heteroatoms. The van der Waals surface area contributed by atoms with Crippen molar-refractivity contribution in [1.82, 2.24) is 10.2 Å². The Bertz CT molecular complexity index is 468. The highest BCUT2D eigenvalue weighted by molar-refractivity contribution is 6.33. The molecule has 1 aliphatic heterocycles. The van der Waals surface area contributed by atoms with Gasteiger partial charge in [0.05, 0.1) is 19.2 Å². The number of halogens is 1. The second-order valence-corrected chi connectivity index (χ2v) is 6.05. The Morgan fingerprint density at radius 3 is 2.81 bits per heavy atom. The van der Waals surface area contributed by atoms with Gasteiger partial charge in [0.1, 0.15) is 0 Å². The van der Waals surface area contributed by atoms with Crippen LogP contribution in [0.25, 0.3) is 0 Å². The van der Waals surface area contributed by atoms with E-state index in [0.29, 0.717) is 16.5 Å². The van der Waals surface area contributed by atoms with Crippen LogP contribution in [0, 0.1) is 5.92 Å². The van der Waals surface area contributed by atoms with E-state index in [1.54, 1.807) is 14.2 Å². The number of methoxy groups -OCH3 is 2. The molecule has 0 unspecified atom stereocenters. The smallest absolute Gasteiger partial charge is 0.179 e. The summed E-state index contributed by atoms with van der Waals surface area (Å²) in [6, 6.07) is 3.89. The molecule has 1 aromatic carbocycles. The Balaban J connectivity index is 1.91. The summed E-state index contributed by atoms with van der Waals surface area (Å²) < 4.78 is 10.6. The van der Waals surface area contributed by atoms with Crippen molar-refractivity contribution in [3.63, 3.8) is 0 Å². The average Bonchev–Trinajstić information content (AvgIpc) is 2.48. The molecule has 1 heterocycles. The van der Waals surface area contributed by atoms with E-state index in [2.05, 4.69) is 17.3 Å². The summed E-state index contributed by atoms with van der Waals surface area (Å²) >= 11 is 6.38. The van der Waals surface area contributed by atoms with E-state index in [1.807, 2.05) is 12.1 Å². The van der Waals surface area contributed by atoms with Crippen LogP contribution in [0.4, 0.5) is 0 Å². The Hall–Kier alpha value is -0.970. The summed E-state index contributed by atoms with van der Waals surface area (Å²) in [6.45, 7) is 4.17. The zero-order valence-corrected chi connectivity index (χ0v) is 13.9. The van der Waals surface area contributed by atoms with E-state index in [9.17, 15) is 0 Å². The summed E-state index contributed by atoms with van der Waals surface area (Å²) in [4.78, 5) is 2.40. The minimum absolute atomic E-state index is 0.607. The van der Waals surface area contributed by atoms with Gasteiger partial charge in [-0.1, -0.05) is 17.7 Å². The highest BCUT2D eigenvalue weighted by Gasteiger charge is 2.17. The number of ether oxygens (including phenoxy) is 2. The maximum Gasteiger partial charge on any atom is 0.179 e. The molecule has 0 saturated carbocycles. The molecule has 1 aliphatic rings. The predicted octanol–water partition coefficient (Wildman–Crippen LogP) is 2.79. The fraction of sp³-hybridized carbons (Fsp3) is 0.625. The van der Waals surface area contributed by atoms with Gasteiger partial charge < -0.3 is 19.7 Å². The Labute approximate surface area is 132 Å². The first-order valence-corrected chi connectivity index (χ1v) is 7.82. The highest BCUT2D eigenvalue weighted by Crippen LogP contribution is 2.37. The molecule has 1 N–H and O–H groups in total. The molecule has 0 aromatic heterocycles. The maximum absolute atomic E-state index is 6.38. The van der Waals surface area contributed by atoms with Crippen molar-refractivity contribution in [3.05, 3.63) is 22.7 Å². The molecule has 1 fully saturated rings. The average molecular weight is 313 g/mol. The lowest BCUT2D eigenvalue weighted by atomic mass is 9.98. The molecule has 2 rings (SSSR count). The number of benzene rings is 1. The molecule has 0 aliphatic carbocycles. The number of nitrogens with zero attached hydrogens (tertiary/aromatic N) is 1. The summed E-state index contributed by atoms with van der Waals surface area (Å²) in [5.74, 6) is 2.00. The molecule has 0 amide bonds. The minimum atomic E-state index is 0.607. The Kier molecular flexibility index (Phi) is 6.15. The van der Waals surface area contributed by atoms with Crippen LogP contribution in [-0.2, 0) is 6.54 Å². The Morgan fingerprint density at radius 2 is 2.14 bits per heavy atom. The molecule has 1 aromatic rings. The van der Waals surface area contributed by atoms with Gasteiger partial charge in [-0.3, -0.25) is 0 Å². The van der Waals surface area contributed by atoms with Crippen molar-refractivity contribution in [2.45, 2.75) is 19.4 Å². The van der Waals surface area contributed by atoms with Crippen LogP contribution in [0.15, 0.2) is 12.1 Å². The van der Waals surface area contributed by atoms with Crippen molar-refractivity contribution in [3.8, 4) is 11.5 Å². The molecular weight excluding hydrogens is 288 g/mol. The van der Waals surface area contributed by atoms with Gasteiger partial charge in [0, 0.05) is 13.1 Å². The molecule has 21 heavy (non-hydrogen) atoms. The SMILES string of the molecule is COc1ccc(CNC[C@@H]2CCCN(C)C2)c(Cl)c1OC. The van der Waals surface area contributed by atoms with Crippen LogP contribution < -0.4 is 14.8 Å². The zero-order valence-electron chi connectivity index (χ0n) is 13.1. The van der Waals surface area contributed by atoms with Crippen molar-refractivity contribution < 1.29 is 9.47 Å². The summed E-state index contributed by atoms with van der Waals surface area (Å²) in [5.41, 5.74) is 1.04. The first-order chi connectivity index (χ1) is 10.2. The number of likely N-dealkylation sites (tertiary alicyclic amines) is 1. The predicted molar refractivity (Wildman–Crippen MR) is 86.5 cm³/mol. The third-order valence-electron chi connectivity index (χ3n) is 4.04. The third-order valence-corrected chi connectivity index (χ3v) is 4.45. The number of nitrogens with one attached hydrogen (secondary N) is 1. The maximum atomic E-state index is 6.38. The van der Waals surface area contributed by atoms with Gasteiger partial charge in [-0.15, -0.1) is 0 Å². The lowest BCUT2D eigenvalue weighted by Crippen LogP contribution is -2.37. The van der Waals surface area contributed by atoms with E-state index in [1.165, 1.54) is 25.9 Å². The fourth-order valence-electron chi connectivity index (χ4n) is 2.92. The summed E-state index contributed by atoms with van der Waals surface area (Å²) in [7, 11) is 5.42. The van der Waals surface area contributed by atoms with Crippen molar-refractivity contribution >= 4 is 11.6 Å². The molecule has 0 radical (unpaired) electrons. The van der Waals surface area contributed by atoms with E-state index < -0.39 is 0 Å². The van der Waals surface area contributed by atoms with Crippen LogP contribution in [0.2, 0.25) is 5.02 Å². The van der Waals surface area contributed by atoms with E-state index in [0.717, 1.165) is 24.6 Å². The first kappa shape index (κ1) is 16.4. The molecule has 4 nitrogen and oxygen atoms in total. The van der Waals surface area contributed by atoms with Gasteiger partial charge in [0.15, 0.2) is 11.5 Å². The molecular formula is C16H25ClN2O2. The molecule has 118 valence electrons. The lowest BCUT2D eigenvalue weighted by Gasteiger charge is -2.29. The number of piperidine rings is 1. The third kappa shape index (κ3) is 4.25. The van der Waals surface area contributed by atoms with Crippen LogP contribution in [0.1, 0.15) is 18.4 Å². The number of rotatable bonds is 6. The summed E-state index contributed by atoms with van der Waals surface area (Å²) in [5, 5.41) is 4.14. The normalized spacial score (nSPS) is 19.5. The van der Waals surface area contributed by atoms with E-state index in [-0.39, 0.29) is 0 Å². The van der Waals surface area contributed by atoms with Crippen LogP contribution in [0.3, 0.4) is 0 Å². The van der Waals surface area contributed by atoms with Crippen LogP contribution >= 0.6 is 11.6 Å². The fourth-order valence-corrected chi connectivity index (χ4v) is 3.22. The first-order valence-electron chi connectivity index (χ1n) is 7.44. The largest absolute Gasteiger partial charge is 0.493 e. The summed E-state index contributed by atoms with van der Waals surface area (Å²) in [6.07, 6.45) is 2.59. The van der Waals surface area contributed by atoms with Gasteiger partial charge in [-0.2, -0.15) is 0 Å². The van der Waals surface area contributed by atoms with E-state index in [4.69, 9.17) is 21.1 Å². The number of hydrogen-bond acceptors (Lipinski definition) is 4. The van der Waals surface area contributed by atoms with Gasteiger partial charge >= 0.3 is 0 Å². The van der Waals surface area contributed by atoms with E-state index >= 15 is 0 Å². The van der Waals surface area contributed by atoms with Gasteiger partial charge in [0.25, 0.3) is 0 Å². The monoisotopic (exact) mass is 312 g/mol.